The summed E-state index contributed by atoms with van der Waals surface area (Å²) < 4.78 is 15.9. The molecule has 0 radical (unpaired) electrons. The van der Waals surface area contributed by atoms with Crippen molar-refractivity contribution in [1.29, 1.82) is 0 Å². The Hall–Kier alpha value is -2.89. The lowest BCUT2D eigenvalue weighted by Gasteiger charge is -2.25. The summed E-state index contributed by atoms with van der Waals surface area (Å²) in [5.74, 6) is -0.461. The van der Waals surface area contributed by atoms with E-state index in [0.29, 0.717) is 17.6 Å². The van der Waals surface area contributed by atoms with Gasteiger partial charge in [-0.05, 0) is 18.6 Å². The lowest BCUT2D eigenvalue weighted by molar-refractivity contribution is 0.0916. The fraction of sp³-hybridized carbons (Fsp3) is 0.235. The summed E-state index contributed by atoms with van der Waals surface area (Å²) in [7, 11) is 1.33. The van der Waals surface area contributed by atoms with Gasteiger partial charge in [-0.15, -0.1) is 0 Å². The fourth-order valence-electron chi connectivity index (χ4n) is 3.18. The SMILES string of the molecule is COC1=CC(=O)c2c(cc3c4c(cc(=O)oc24)O[C@@H](C)C3)C1=O. The highest BCUT2D eigenvalue weighted by Gasteiger charge is 2.33. The Bertz CT molecular complexity index is 979. The maximum Gasteiger partial charge on any atom is 0.339 e. The first kappa shape index (κ1) is 13.8. The van der Waals surface area contributed by atoms with E-state index in [1.54, 1.807) is 6.07 Å². The highest BCUT2D eigenvalue weighted by atomic mass is 16.5. The van der Waals surface area contributed by atoms with Crippen LogP contribution in [0.25, 0.3) is 11.0 Å². The molecular formula is C17H12O6. The Morgan fingerprint density at radius 2 is 2.00 bits per heavy atom. The van der Waals surface area contributed by atoms with Gasteiger partial charge in [-0.1, -0.05) is 0 Å². The van der Waals surface area contributed by atoms with Crippen molar-refractivity contribution >= 4 is 22.5 Å². The summed E-state index contributed by atoms with van der Waals surface area (Å²) in [6.07, 6.45) is 1.53. The van der Waals surface area contributed by atoms with Crippen molar-refractivity contribution in [3.05, 3.63) is 51.1 Å². The van der Waals surface area contributed by atoms with Gasteiger partial charge in [0.1, 0.15) is 5.75 Å². The zero-order chi connectivity index (χ0) is 16.3. The standard InChI is InChI=1S/C17H12O6/c1-7-3-8-4-9-15(10(18)5-12(21-2)16(9)20)17-14(8)11(22-7)6-13(19)23-17/h4-7H,3H2,1-2H3/t7-/m0/s1. The van der Waals surface area contributed by atoms with E-state index in [2.05, 4.69) is 0 Å². The third kappa shape index (κ3) is 1.84. The maximum absolute atomic E-state index is 12.5. The van der Waals surface area contributed by atoms with Crippen molar-refractivity contribution in [3.8, 4) is 5.75 Å². The molecule has 6 nitrogen and oxygen atoms in total. The number of ketones is 2. The molecule has 23 heavy (non-hydrogen) atoms. The normalized spacial score (nSPS) is 19.2. The van der Waals surface area contributed by atoms with Gasteiger partial charge in [-0.2, -0.15) is 0 Å². The first-order valence-electron chi connectivity index (χ1n) is 7.14. The smallest absolute Gasteiger partial charge is 0.339 e. The van der Waals surface area contributed by atoms with Crippen LogP contribution in [-0.4, -0.2) is 24.8 Å². The summed E-state index contributed by atoms with van der Waals surface area (Å²) in [5.41, 5.74) is 0.590. The molecule has 0 spiro atoms. The summed E-state index contributed by atoms with van der Waals surface area (Å²) >= 11 is 0. The molecule has 1 aliphatic heterocycles. The number of allylic oxidation sites excluding steroid dienone is 2. The molecule has 0 fully saturated rings. The number of hydrogen-bond donors (Lipinski definition) is 0. The molecule has 0 N–H and O–H groups in total. The number of hydrogen-bond acceptors (Lipinski definition) is 6. The monoisotopic (exact) mass is 312 g/mol. The first-order valence-corrected chi connectivity index (χ1v) is 7.14. The van der Waals surface area contributed by atoms with Crippen molar-refractivity contribution < 1.29 is 23.5 Å². The van der Waals surface area contributed by atoms with Crippen LogP contribution in [0.3, 0.4) is 0 Å². The second kappa shape index (κ2) is 4.55. The summed E-state index contributed by atoms with van der Waals surface area (Å²) in [5, 5.41) is 0.580. The summed E-state index contributed by atoms with van der Waals surface area (Å²) in [4.78, 5) is 36.7. The molecule has 1 aromatic heterocycles. The van der Waals surface area contributed by atoms with E-state index in [9.17, 15) is 14.4 Å². The molecule has 0 unspecified atom stereocenters. The number of fused-ring (bicyclic) bond motifs is 2. The van der Waals surface area contributed by atoms with Gasteiger partial charge in [0, 0.05) is 18.1 Å². The van der Waals surface area contributed by atoms with E-state index in [1.165, 1.54) is 13.2 Å². The first-order chi connectivity index (χ1) is 11.0. The topological polar surface area (TPSA) is 82.8 Å². The number of Topliss-reactive ketones (excluding diaryl/α,β-unsaturated/α-hetero) is 1. The molecule has 6 heteroatoms. The molecule has 0 bridgehead atoms. The van der Waals surface area contributed by atoms with Gasteiger partial charge in [0.25, 0.3) is 0 Å². The van der Waals surface area contributed by atoms with Crippen molar-refractivity contribution in [1.82, 2.24) is 0 Å². The second-order valence-electron chi connectivity index (χ2n) is 5.63. The average Bonchev–Trinajstić information content (AvgIpc) is 2.49. The summed E-state index contributed by atoms with van der Waals surface area (Å²) in [6, 6.07) is 2.94. The molecule has 2 aliphatic rings. The molecule has 0 amide bonds. The molecule has 2 heterocycles. The molecule has 1 aliphatic carbocycles. The Kier molecular flexibility index (Phi) is 2.72. The van der Waals surface area contributed by atoms with Crippen LogP contribution >= 0.6 is 0 Å². The minimum atomic E-state index is -0.622. The van der Waals surface area contributed by atoms with E-state index in [4.69, 9.17) is 13.9 Å². The van der Waals surface area contributed by atoms with Crippen molar-refractivity contribution in [2.45, 2.75) is 19.4 Å². The van der Waals surface area contributed by atoms with E-state index < -0.39 is 17.2 Å². The van der Waals surface area contributed by atoms with Crippen LogP contribution in [0, 0.1) is 0 Å². The lowest BCUT2D eigenvalue weighted by atomic mass is 9.87. The predicted octanol–water partition coefficient (Wildman–Crippen LogP) is 2.03. The van der Waals surface area contributed by atoms with Crippen LogP contribution in [0.4, 0.5) is 0 Å². The fourth-order valence-corrected chi connectivity index (χ4v) is 3.18. The quantitative estimate of drug-likeness (QED) is 0.749. The Labute approximate surface area is 130 Å². The minimum absolute atomic E-state index is 0.0207. The van der Waals surface area contributed by atoms with Crippen molar-refractivity contribution in [2.24, 2.45) is 0 Å². The average molecular weight is 312 g/mol. The number of benzene rings is 1. The van der Waals surface area contributed by atoms with E-state index in [1.807, 2.05) is 6.92 Å². The molecular weight excluding hydrogens is 300 g/mol. The van der Waals surface area contributed by atoms with Crippen LogP contribution in [0.2, 0.25) is 0 Å². The maximum atomic E-state index is 12.5. The third-order valence-electron chi connectivity index (χ3n) is 4.09. The van der Waals surface area contributed by atoms with E-state index in [0.717, 1.165) is 11.6 Å². The molecule has 4 rings (SSSR count). The Morgan fingerprint density at radius 1 is 1.22 bits per heavy atom. The van der Waals surface area contributed by atoms with Crippen LogP contribution in [0.15, 0.2) is 33.2 Å². The van der Waals surface area contributed by atoms with Crippen molar-refractivity contribution in [3.63, 3.8) is 0 Å². The third-order valence-corrected chi connectivity index (χ3v) is 4.09. The molecule has 0 saturated carbocycles. The van der Waals surface area contributed by atoms with Crippen molar-refractivity contribution in [2.75, 3.05) is 7.11 Å². The van der Waals surface area contributed by atoms with Gasteiger partial charge in [0.2, 0.25) is 5.78 Å². The number of carbonyl (C=O) groups excluding carboxylic acids is 2. The number of ether oxygens (including phenoxy) is 2. The van der Waals surface area contributed by atoms with Crippen LogP contribution in [-0.2, 0) is 11.2 Å². The molecule has 1 aromatic carbocycles. The molecule has 2 aromatic rings. The number of carbonyl (C=O) groups is 2. The predicted molar refractivity (Wildman–Crippen MR) is 80.0 cm³/mol. The van der Waals surface area contributed by atoms with Gasteiger partial charge < -0.3 is 13.9 Å². The highest BCUT2D eigenvalue weighted by molar-refractivity contribution is 6.28. The second-order valence-corrected chi connectivity index (χ2v) is 5.63. The van der Waals surface area contributed by atoms with Gasteiger partial charge >= 0.3 is 5.63 Å². The Balaban J connectivity index is 2.15. The van der Waals surface area contributed by atoms with Gasteiger partial charge in [-0.25, -0.2) is 4.79 Å². The van der Waals surface area contributed by atoms with Gasteiger partial charge in [0.15, 0.2) is 17.1 Å². The van der Waals surface area contributed by atoms with Crippen LogP contribution < -0.4 is 10.4 Å². The zero-order valence-corrected chi connectivity index (χ0v) is 12.5. The van der Waals surface area contributed by atoms with E-state index >= 15 is 0 Å². The summed E-state index contributed by atoms with van der Waals surface area (Å²) in [6.45, 7) is 1.87. The van der Waals surface area contributed by atoms with Crippen LogP contribution in [0.5, 0.6) is 5.75 Å². The molecule has 0 saturated heterocycles. The molecule has 116 valence electrons. The minimum Gasteiger partial charge on any atom is -0.492 e. The lowest BCUT2D eigenvalue weighted by Crippen LogP contribution is -2.24. The van der Waals surface area contributed by atoms with Crippen LogP contribution in [0.1, 0.15) is 33.2 Å². The molecule has 1 atom stereocenters. The highest BCUT2D eigenvalue weighted by Crippen LogP contribution is 2.38. The largest absolute Gasteiger partial charge is 0.492 e. The van der Waals surface area contributed by atoms with Gasteiger partial charge in [-0.3, -0.25) is 9.59 Å². The number of methoxy groups -OCH3 is 1. The Morgan fingerprint density at radius 3 is 2.74 bits per heavy atom. The van der Waals surface area contributed by atoms with E-state index in [-0.39, 0.29) is 28.6 Å². The zero-order valence-electron chi connectivity index (χ0n) is 12.5. The van der Waals surface area contributed by atoms with Gasteiger partial charge in [0.05, 0.1) is 30.2 Å². The number of rotatable bonds is 1.